The van der Waals surface area contributed by atoms with E-state index < -0.39 is 37.0 Å². The van der Waals surface area contributed by atoms with E-state index in [-0.39, 0.29) is 87.3 Å². The Morgan fingerprint density at radius 1 is 0.649 bits per heavy atom. The van der Waals surface area contributed by atoms with Crippen LogP contribution in [0.5, 0.6) is 0 Å². The molecule has 0 amide bonds. The molecule has 336 valence electrons. The van der Waals surface area contributed by atoms with Crippen LogP contribution < -0.4 is 0 Å². The number of aliphatic hydroxyl groups is 2. The van der Waals surface area contributed by atoms with Gasteiger partial charge in [0.2, 0.25) is 0 Å². The maximum atomic E-state index is 11.1. The molecule has 2 heterocycles. The molecule has 2 saturated heterocycles. The van der Waals surface area contributed by atoms with Crippen molar-refractivity contribution in [3.05, 3.63) is 25.3 Å². The van der Waals surface area contributed by atoms with Crippen LogP contribution in [0.3, 0.4) is 0 Å². The number of hydrogen-bond acceptors (Lipinski definition) is 16. The van der Waals surface area contributed by atoms with Crippen LogP contribution in [0, 0.1) is 17.8 Å². The molecule has 10 unspecified atom stereocenters. The molecule has 16 nitrogen and oxygen atoms in total. The molecule has 2 aliphatic heterocycles. The van der Waals surface area contributed by atoms with E-state index in [0.29, 0.717) is 46.2 Å². The van der Waals surface area contributed by atoms with Gasteiger partial charge in [-0.25, -0.2) is 0 Å². The maximum Gasteiger partial charge on any atom is 0.302 e. The van der Waals surface area contributed by atoms with Crippen molar-refractivity contribution in [1.29, 1.82) is 0 Å². The van der Waals surface area contributed by atoms with E-state index in [1.807, 2.05) is 27.7 Å². The highest BCUT2D eigenvalue weighted by atomic mass is 16.7. The van der Waals surface area contributed by atoms with Crippen LogP contribution >= 0.6 is 0 Å². The summed E-state index contributed by atoms with van der Waals surface area (Å²) in [5, 5.41) is 19.3. The molecule has 0 aromatic heterocycles. The predicted octanol–water partition coefficient (Wildman–Crippen LogP) is 3.34. The molecule has 16 heteroatoms. The molecule has 0 aromatic rings. The maximum absolute atomic E-state index is 11.1. The summed E-state index contributed by atoms with van der Waals surface area (Å²) in [6.07, 6.45) is -1.06. The van der Waals surface area contributed by atoms with Crippen molar-refractivity contribution in [2.75, 3.05) is 93.5 Å². The molecular formula is C41H76O16. The Morgan fingerprint density at radius 3 is 1.54 bits per heavy atom. The molecule has 2 fully saturated rings. The number of carbonyl (C=O) groups excluding carboxylic acids is 1. The predicted molar refractivity (Wildman–Crippen MR) is 212 cm³/mol. The van der Waals surface area contributed by atoms with Crippen LogP contribution in [-0.4, -0.2) is 177 Å². The Kier molecular flexibility index (Phi) is 29.3. The van der Waals surface area contributed by atoms with Gasteiger partial charge in [0.25, 0.3) is 0 Å². The SMILES string of the molecule is C=CCOCC(C)COC(C)COC1[C@H](OC)OCC(C)[C@H]1OCC(C)OC(C)=O.C=CCOCC(O)COC(C)COC1[C@H](OC)OCC(C)[C@H]1OCC(C)O. The van der Waals surface area contributed by atoms with Crippen molar-refractivity contribution < 1.29 is 76.6 Å². The van der Waals surface area contributed by atoms with Gasteiger partial charge in [0.15, 0.2) is 12.6 Å². The normalized spacial score (nSPS) is 28.2. The zero-order valence-electron chi connectivity index (χ0n) is 36.2. The highest BCUT2D eigenvalue weighted by Crippen LogP contribution is 2.28. The van der Waals surface area contributed by atoms with E-state index in [2.05, 4.69) is 20.1 Å². The quantitative estimate of drug-likeness (QED) is 0.0637. The molecule has 0 spiro atoms. The van der Waals surface area contributed by atoms with E-state index in [1.165, 1.54) is 6.92 Å². The Morgan fingerprint density at radius 2 is 1.09 bits per heavy atom. The molecule has 0 bridgehead atoms. The first-order valence-corrected chi connectivity index (χ1v) is 20.1. The van der Waals surface area contributed by atoms with Crippen LogP contribution in [0.15, 0.2) is 25.3 Å². The van der Waals surface area contributed by atoms with Crippen LogP contribution in [0.25, 0.3) is 0 Å². The van der Waals surface area contributed by atoms with Gasteiger partial charge in [0, 0.05) is 38.9 Å². The molecule has 57 heavy (non-hydrogen) atoms. The van der Waals surface area contributed by atoms with Gasteiger partial charge in [-0.2, -0.15) is 0 Å². The van der Waals surface area contributed by atoms with Gasteiger partial charge < -0.3 is 71.8 Å². The summed E-state index contributed by atoms with van der Waals surface area (Å²) >= 11 is 0. The van der Waals surface area contributed by atoms with E-state index in [1.54, 1.807) is 40.2 Å². The third-order valence-corrected chi connectivity index (χ3v) is 8.71. The number of esters is 1. The third-order valence-electron chi connectivity index (χ3n) is 8.71. The average Bonchev–Trinajstić information content (AvgIpc) is 3.16. The molecule has 2 rings (SSSR count). The highest BCUT2D eigenvalue weighted by molar-refractivity contribution is 5.66. The van der Waals surface area contributed by atoms with E-state index in [4.69, 9.17) is 61.6 Å². The standard InChI is InChI=1S/C22H40O8.C19H36O8/c1-8-9-25-10-15(2)11-26-17(4)13-28-21-20(16(3)12-29-22(21)24-7)27-14-18(5)30-19(6)23;1-6-7-23-11-16(21)12-24-15(4)10-26-18-17(25-9-14(3)20)13(2)8-27-19(18)22-5/h8,15-18,20-22H,1,9-14H2,2-7H3;6,13-21H,1,7-12H2,2-5H3/t15?,16?,17?,18?,20-,21?,22-;13?,14?,15?,16?,17-,18?,19-/m11/s1. The van der Waals surface area contributed by atoms with Crippen molar-refractivity contribution in [2.24, 2.45) is 17.8 Å². The number of methoxy groups -OCH3 is 2. The first kappa shape index (κ1) is 53.4. The van der Waals surface area contributed by atoms with Gasteiger partial charge in [0.1, 0.15) is 24.4 Å². The van der Waals surface area contributed by atoms with Crippen LogP contribution in [0.4, 0.5) is 0 Å². The Bertz CT molecular complexity index is 1030. The van der Waals surface area contributed by atoms with Gasteiger partial charge >= 0.3 is 5.97 Å². The van der Waals surface area contributed by atoms with Crippen molar-refractivity contribution in [3.8, 4) is 0 Å². The lowest BCUT2D eigenvalue weighted by Gasteiger charge is -2.41. The molecule has 0 radical (unpaired) electrons. The van der Waals surface area contributed by atoms with Gasteiger partial charge in [-0.15, -0.1) is 13.2 Å². The molecular weight excluding hydrogens is 748 g/mol. The average molecular weight is 825 g/mol. The van der Waals surface area contributed by atoms with Crippen molar-refractivity contribution in [2.45, 2.75) is 123 Å². The van der Waals surface area contributed by atoms with E-state index >= 15 is 0 Å². The van der Waals surface area contributed by atoms with Crippen molar-refractivity contribution in [1.82, 2.24) is 0 Å². The minimum atomic E-state index is -0.709. The zero-order chi connectivity index (χ0) is 42.8. The number of rotatable bonds is 29. The first-order valence-electron chi connectivity index (χ1n) is 20.1. The lowest BCUT2D eigenvalue weighted by molar-refractivity contribution is -0.275. The van der Waals surface area contributed by atoms with Crippen molar-refractivity contribution in [3.63, 3.8) is 0 Å². The minimum absolute atomic E-state index is 0.0974. The van der Waals surface area contributed by atoms with Gasteiger partial charge in [-0.1, -0.05) is 32.9 Å². The zero-order valence-corrected chi connectivity index (χ0v) is 36.2. The van der Waals surface area contributed by atoms with E-state index in [0.717, 1.165) is 0 Å². The number of ether oxygens (including phenoxy) is 13. The third kappa shape index (κ3) is 23.1. The second-order valence-corrected chi connectivity index (χ2v) is 15.0. The summed E-state index contributed by atoms with van der Waals surface area (Å²) in [5.41, 5.74) is 0. The topological polar surface area (TPSA) is 178 Å². The first-order chi connectivity index (χ1) is 27.2. The summed E-state index contributed by atoms with van der Waals surface area (Å²) in [6, 6.07) is 0. The number of carbonyl (C=O) groups is 1. The lowest BCUT2D eigenvalue weighted by atomic mass is 9.97. The largest absolute Gasteiger partial charge is 0.460 e. The monoisotopic (exact) mass is 825 g/mol. The molecule has 2 N–H and O–H groups in total. The van der Waals surface area contributed by atoms with Gasteiger partial charge in [0.05, 0.1) is 110 Å². The van der Waals surface area contributed by atoms with Gasteiger partial charge in [-0.05, 0) is 27.7 Å². The molecule has 0 aromatic carbocycles. The van der Waals surface area contributed by atoms with Crippen LogP contribution in [-0.2, 0) is 66.4 Å². The minimum Gasteiger partial charge on any atom is -0.460 e. The number of aliphatic hydroxyl groups excluding tert-OH is 2. The second kappa shape index (κ2) is 31.3. The smallest absolute Gasteiger partial charge is 0.302 e. The van der Waals surface area contributed by atoms with Crippen molar-refractivity contribution >= 4 is 5.97 Å². The fourth-order valence-corrected chi connectivity index (χ4v) is 5.84. The Hall–Kier alpha value is -1.61. The fraction of sp³-hybridized carbons (Fsp3) is 0.878. The summed E-state index contributed by atoms with van der Waals surface area (Å²) in [6.45, 7) is 26.6. The Labute approximate surface area is 341 Å². The Balaban J connectivity index is 0.000000573. The molecule has 2 aliphatic rings. The molecule has 0 aliphatic carbocycles. The van der Waals surface area contributed by atoms with E-state index in [9.17, 15) is 15.0 Å². The molecule has 14 atom stereocenters. The summed E-state index contributed by atoms with van der Waals surface area (Å²) < 4.78 is 73.6. The summed E-state index contributed by atoms with van der Waals surface area (Å²) in [7, 11) is 3.14. The summed E-state index contributed by atoms with van der Waals surface area (Å²) in [5.74, 6) is 0.143. The number of hydrogen-bond donors (Lipinski definition) is 2. The summed E-state index contributed by atoms with van der Waals surface area (Å²) in [4.78, 5) is 11.1. The fourth-order valence-electron chi connectivity index (χ4n) is 5.84. The second-order valence-electron chi connectivity index (χ2n) is 15.0. The highest BCUT2D eigenvalue weighted by Gasteiger charge is 2.42. The lowest BCUT2D eigenvalue weighted by Crippen LogP contribution is -2.53. The molecule has 0 saturated carbocycles. The van der Waals surface area contributed by atoms with Gasteiger partial charge in [-0.3, -0.25) is 4.79 Å². The van der Waals surface area contributed by atoms with Crippen LogP contribution in [0.2, 0.25) is 0 Å². The van der Waals surface area contributed by atoms with Crippen LogP contribution in [0.1, 0.15) is 55.4 Å².